The largest absolute Gasteiger partial charge is 0.271 e. The summed E-state index contributed by atoms with van der Waals surface area (Å²) in [5, 5.41) is 3.97. The van der Waals surface area contributed by atoms with Gasteiger partial charge in [-0.25, -0.2) is 8.78 Å². The minimum absolute atomic E-state index is 0.215. The molecule has 0 amide bonds. The molecular formula is C13H14F2N2S. The van der Waals surface area contributed by atoms with Crippen molar-refractivity contribution in [2.45, 2.75) is 19.4 Å². The fourth-order valence-corrected chi connectivity index (χ4v) is 2.81. The Labute approximate surface area is 108 Å². The molecule has 1 heterocycles. The number of rotatable bonds is 4. The summed E-state index contributed by atoms with van der Waals surface area (Å²) in [6.07, 6.45) is 0.317. The van der Waals surface area contributed by atoms with Gasteiger partial charge in [0.2, 0.25) is 0 Å². The summed E-state index contributed by atoms with van der Waals surface area (Å²) in [5.41, 5.74) is 5.10. The minimum atomic E-state index is -0.441. The zero-order valence-corrected chi connectivity index (χ0v) is 10.7. The first-order chi connectivity index (χ1) is 8.61. The van der Waals surface area contributed by atoms with Gasteiger partial charge in [-0.3, -0.25) is 11.3 Å². The molecule has 18 heavy (non-hydrogen) atoms. The van der Waals surface area contributed by atoms with E-state index in [-0.39, 0.29) is 6.04 Å². The van der Waals surface area contributed by atoms with E-state index in [0.717, 1.165) is 23.3 Å². The molecule has 0 spiro atoms. The van der Waals surface area contributed by atoms with E-state index in [2.05, 4.69) is 5.43 Å². The van der Waals surface area contributed by atoms with Gasteiger partial charge < -0.3 is 0 Å². The standard InChI is InChI=1S/C13H14F2N2S/c1-8-6-18-7-11(8)13(17-16)5-9-4-10(14)2-3-12(9)15/h2-4,6-7,13,17H,5,16H2,1H3. The van der Waals surface area contributed by atoms with Crippen molar-refractivity contribution in [2.75, 3.05) is 0 Å². The van der Waals surface area contributed by atoms with Crippen molar-refractivity contribution in [3.8, 4) is 0 Å². The van der Waals surface area contributed by atoms with Crippen LogP contribution in [0.4, 0.5) is 8.78 Å². The number of thiophene rings is 1. The molecule has 0 aliphatic heterocycles. The number of halogens is 2. The van der Waals surface area contributed by atoms with Gasteiger partial charge in [0.05, 0.1) is 6.04 Å². The van der Waals surface area contributed by atoms with Crippen LogP contribution in [0.15, 0.2) is 29.0 Å². The molecule has 5 heteroatoms. The Balaban J connectivity index is 2.26. The van der Waals surface area contributed by atoms with Gasteiger partial charge in [-0.1, -0.05) is 0 Å². The van der Waals surface area contributed by atoms with Crippen molar-refractivity contribution >= 4 is 11.3 Å². The Morgan fingerprint density at radius 3 is 2.72 bits per heavy atom. The normalized spacial score (nSPS) is 12.7. The molecule has 0 aliphatic rings. The molecule has 0 aliphatic carbocycles. The van der Waals surface area contributed by atoms with Crippen molar-refractivity contribution in [1.82, 2.24) is 5.43 Å². The number of benzene rings is 1. The van der Waals surface area contributed by atoms with E-state index in [0.29, 0.717) is 12.0 Å². The lowest BCUT2D eigenvalue weighted by atomic mass is 9.99. The van der Waals surface area contributed by atoms with Crippen molar-refractivity contribution in [3.05, 3.63) is 57.3 Å². The van der Waals surface area contributed by atoms with Crippen LogP contribution in [0.1, 0.15) is 22.7 Å². The molecule has 1 atom stereocenters. The maximum Gasteiger partial charge on any atom is 0.126 e. The third-order valence-corrected chi connectivity index (χ3v) is 3.78. The van der Waals surface area contributed by atoms with Crippen molar-refractivity contribution in [2.24, 2.45) is 5.84 Å². The first-order valence-corrected chi connectivity index (χ1v) is 6.49. The van der Waals surface area contributed by atoms with Gasteiger partial charge in [0.1, 0.15) is 11.6 Å². The third kappa shape index (κ3) is 2.75. The summed E-state index contributed by atoms with van der Waals surface area (Å²) in [5.74, 6) is 4.65. The highest BCUT2D eigenvalue weighted by Crippen LogP contribution is 2.25. The molecule has 96 valence electrons. The van der Waals surface area contributed by atoms with E-state index in [1.54, 1.807) is 11.3 Å². The highest BCUT2D eigenvalue weighted by molar-refractivity contribution is 7.08. The van der Waals surface area contributed by atoms with Gasteiger partial charge in [-0.2, -0.15) is 11.3 Å². The van der Waals surface area contributed by atoms with Crippen LogP contribution in [-0.2, 0) is 6.42 Å². The SMILES string of the molecule is Cc1cscc1C(Cc1cc(F)ccc1F)NN. The van der Waals surface area contributed by atoms with Crippen LogP contribution in [0.5, 0.6) is 0 Å². The van der Waals surface area contributed by atoms with Crippen molar-refractivity contribution in [1.29, 1.82) is 0 Å². The third-order valence-electron chi connectivity index (χ3n) is 2.90. The fraction of sp³-hybridized carbons (Fsp3) is 0.231. The van der Waals surface area contributed by atoms with E-state index in [9.17, 15) is 8.78 Å². The number of hydrogen-bond donors (Lipinski definition) is 2. The maximum atomic E-state index is 13.6. The van der Waals surface area contributed by atoms with Gasteiger partial charge in [0.25, 0.3) is 0 Å². The maximum absolute atomic E-state index is 13.6. The summed E-state index contributed by atoms with van der Waals surface area (Å²) in [6.45, 7) is 1.97. The van der Waals surface area contributed by atoms with E-state index in [1.807, 2.05) is 17.7 Å². The molecule has 1 aromatic carbocycles. The van der Waals surface area contributed by atoms with Crippen LogP contribution < -0.4 is 11.3 Å². The summed E-state index contributed by atoms with van der Waals surface area (Å²) < 4.78 is 26.7. The molecule has 0 radical (unpaired) electrons. The van der Waals surface area contributed by atoms with Gasteiger partial charge in [-0.15, -0.1) is 0 Å². The highest BCUT2D eigenvalue weighted by Gasteiger charge is 2.16. The number of aryl methyl sites for hydroxylation is 1. The van der Waals surface area contributed by atoms with E-state index in [4.69, 9.17) is 5.84 Å². The molecule has 2 aromatic rings. The first-order valence-electron chi connectivity index (χ1n) is 5.54. The smallest absolute Gasteiger partial charge is 0.126 e. The number of hydrogen-bond acceptors (Lipinski definition) is 3. The van der Waals surface area contributed by atoms with Crippen LogP contribution in [0, 0.1) is 18.6 Å². The van der Waals surface area contributed by atoms with Crippen molar-refractivity contribution < 1.29 is 8.78 Å². The second-order valence-electron chi connectivity index (χ2n) is 4.17. The topological polar surface area (TPSA) is 38.0 Å². The lowest BCUT2D eigenvalue weighted by Gasteiger charge is -2.16. The molecule has 0 saturated heterocycles. The van der Waals surface area contributed by atoms with E-state index in [1.165, 1.54) is 6.07 Å². The molecule has 2 nitrogen and oxygen atoms in total. The Hall–Kier alpha value is -1.30. The lowest BCUT2D eigenvalue weighted by molar-refractivity contribution is 0.522. The Kier molecular flexibility index (Phi) is 4.06. The first kappa shape index (κ1) is 13.1. The molecule has 3 N–H and O–H groups in total. The van der Waals surface area contributed by atoms with Gasteiger partial charge in [0, 0.05) is 0 Å². The number of nitrogens with two attached hydrogens (primary N) is 1. The minimum Gasteiger partial charge on any atom is -0.271 e. The summed E-state index contributed by atoms with van der Waals surface area (Å²) >= 11 is 1.56. The average Bonchev–Trinajstić information content (AvgIpc) is 2.77. The summed E-state index contributed by atoms with van der Waals surface area (Å²) in [6, 6.07) is 3.24. The molecule has 1 unspecified atom stereocenters. The predicted molar refractivity (Wildman–Crippen MR) is 69.2 cm³/mol. The Bertz CT molecular complexity index is 540. The average molecular weight is 268 g/mol. The number of nitrogens with one attached hydrogen (secondary N) is 1. The monoisotopic (exact) mass is 268 g/mol. The lowest BCUT2D eigenvalue weighted by Crippen LogP contribution is -2.30. The van der Waals surface area contributed by atoms with Crippen LogP contribution in [-0.4, -0.2) is 0 Å². The molecule has 0 bridgehead atoms. The molecule has 0 saturated carbocycles. The highest BCUT2D eigenvalue weighted by atomic mass is 32.1. The van der Waals surface area contributed by atoms with Gasteiger partial charge >= 0.3 is 0 Å². The van der Waals surface area contributed by atoms with Gasteiger partial charge in [0.15, 0.2) is 0 Å². The van der Waals surface area contributed by atoms with Gasteiger partial charge in [-0.05, 0) is 59.0 Å². The van der Waals surface area contributed by atoms with E-state index >= 15 is 0 Å². The zero-order valence-electron chi connectivity index (χ0n) is 9.91. The fourth-order valence-electron chi connectivity index (χ4n) is 1.91. The van der Waals surface area contributed by atoms with Crippen LogP contribution in [0.2, 0.25) is 0 Å². The van der Waals surface area contributed by atoms with E-state index < -0.39 is 11.6 Å². The molecule has 2 rings (SSSR count). The number of hydrazine groups is 1. The second-order valence-corrected chi connectivity index (χ2v) is 4.91. The summed E-state index contributed by atoms with van der Waals surface area (Å²) in [4.78, 5) is 0. The molecular weight excluding hydrogens is 254 g/mol. The molecule has 1 aromatic heterocycles. The quantitative estimate of drug-likeness (QED) is 0.660. The molecule has 0 fully saturated rings. The van der Waals surface area contributed by atoms with Crippen LogP contribution in [0.3, 0.4) is 0 Å². The second kappa shape index (κ2) is 5.56. The predicted octanol–water partition coefficient (Wildman–Crippen LogP) is 3.08. The Morgan fingerprint density at radius 2 is 2.11 bits per heavy atom. The van der Waals surface area contributed by atoms with Crippen LogP contribution >= 0.6 is 11.3 Å². The van der Waals surface area contributed by atoms with Crippen molar-refractivity contribution in [3.63, 3.8) is 0 Å². The summed E-state index contributed by atoms with van der Waals surface area (Å²) in [7, 11) is 0. The van der Waals surface area contributed by atoms with Crippen LogP contribution in [0.25, 0.3) is 0 Å². The zero-order chi connectivity index (χ0) is 13.1. The Morgan fingerprint density at radius 1 is 1.33 bits per heavy atom.